The standard InChI is InChI=1S/C13H26N2/c1-11(2)15(4)12-9-13(10-12)5-7-14(3)8-6-13/h11-12H,5-10H2,1-4H3. The van der Waals surface area contributed by atoms with Gasteiger partial charge in [0.05, 0.1) is 0 Å². The van der Waals surface area contributed by atoms with Crippen molar-refractivity contribution >= 4 is 0 Å². The van der Waals surface area contributed by atoms with Crippen LogP contribution in [0.4, 0.5) is 0 Å². The van der Waals surface area contributed by atoms with Crippen molar-refractivity contribution in [1.29, 1.82) is 0 Å². The van der Waals surface area contributed by atoms with Crippen LogP contribution in [0, 0.1) is 5.41 Å². The Bertz CT molecular complexity index is 209. The summed E-state index contributed by atoms with van der Waals surface area (Å²) in [4.78, 5) is 5.04. The lowest BCUT2D eigenvalue weighted by atomic mass is 9.60. The monoisotopic (exact) mass is 210 g/mol. The highest BCUT2D eigenvalue weighted by molar-refractivity contribution is 5.00. The Morgan fingerprint density at radius 1 is 1.20 bits per heavy atom. The molecule has 0 aromatic heterocycles. The fourth-order valence-electron chi connectivity index (χ4n) is 3.15. The zero-order valence-corrected chi connectivity index (χ0v) is 10.8. The summed E-state index contributed by atoms with van der Waals surface area (Å²) in [6.45, 7) is 7.25. The second-order valence-electron chi connectivity index (χ2n) is 6.12. The number of hydrogen-bond acceptors (Lipinski definition) is 2. The van der Waals surface area contributed by atoms with Crippen LogP contribution in [0.3, 0.4) is 0 Å². The molecular weight excluding hydrogens is 184 g/mol. The molecule has 0 aromatic carbocycles. The van der Waals surface area contributed by atoms with Gasteiger partial charge in [0.2, 0.25) is 0 Å². The first-order valence-corrected chi connectivity index (χ1v) is 6.43. The Balaban J connectivity index is 1.82. The Morgan fingerprint density at radius 3 is 2.20 bits per heavy atom. The first-order valence-electron chi connectivity index (χ1n) is 6.43. The van der Waals surface area contributed by atoms with Crippen molar-refractivity contribution in [2.75, 3.05) is 27.2 Å². The smallest absolute Gasteiger partial charge is 0.0105 e. The van der Waals surface area contributed by atoms with E-state index in [1.807, 2.05) is 0 Å². The van der Waals surface area contributed by atoms with E-state index in [-0.39, 0.29) is 0 Å². The van der Waals surface area contributed by atoms with Gasteiger partial charge in [-0.15, -0.1) is 0 Å². The highest BCUT2D eigenvalue weighted by Gasteiger charge is 2.46. The van der Waals surface area contributed by atoms with Crippen LogP contribution in [0.2, 0.25) is 0 Å². The van der Waals surface area contributed by atoms with Crippen LogP contribution in [-0.2, 0) is 0 Å². The number of rotatable bonds is 2. The van der Waals surface area contributed by atoms with Crippen LogP contribution >= 0.6 is 0 Å². The van der Waals surface area contributed by atoms with Gasteiger partial charge in [-0.3, -0.25) is 0 Å². The molecule has 15 heavy (non-hydrogen) atoms. The van der Waals surface area contributed by atoms with E-state index in [2.05, 4.69) is 37.7 Å². The van der Waals surface area contributed by atoms with E-state index in [9.17, 15) is 0 Å². The van der Waals surface area contributed by atoms with Gasteiger partial charge >= 0.3 is 0 Å². The fraction of sp³-hybridized carbons (Fsp3) is 1.00. The lowest BCUT2D eigenvalue weighted by molar-refractivity contribution is -0.0390. The van der Waals surface area contributed by atoms with Gasteiger partial charge in [-0.2, -0.15) is 0 Å². The van der Waals surface area contributed by atoms with Gasteiger partial charge in [0.15, 0.2) is 0 Å². The van der Waals surface area contributed by atoms with Crippen molar-refractivity contribution in [3.05, 3.63) is 0 Å². The van der Waals surface area contributed by atoms with E-state index in [1.54, 1.807) is 0 Å². The molecular formula is C13H26N2. The minimum Gasteiger partial charge on any atom is -0.306 e. The normalized spacial score (nSPS) is 27.6. The molecule has 1 saturated heterocycles. The Labute approximate surface area is 94.6 Å². The lowest BCUT2D eigenvalue weighted by Gasteiger charge is -2.55. The first kappa shape index (κ1) is 11.4. The van der Waals surface area contributed by atoms with Crippen LogP contribution in [-0.4, -0.2) is 49.1 Å². The second-order valence-corrected chi connectivity index (χ2v) is 6.12. The average Bonchev–Trinajstić information content (AvgIpc) is 2.15. The van der Waals surface area contributed by atoms with Crippen LogP contribution in [0.25, 0.3) is 0 Å². The van der Waals surface area contributed by atoms with E-state index in [0.717, 1.165) is 11.5 Å². The highest BCUT2D eigenvalue weighted by atomic mass is 15.2. The van der Waals surface area contributed by atoms with Crippen LogP contribution in [0.15, 0.2) is 0 Å². The molecule has 0 aromatic rings. The summed E-state index contributed by atoms with van der Waals surface area (Å²) in [7, 11) is 4.54. The molecule has 1 aliphatic heterocycles. The minimum atomic E-state index is 0.707. The molecule has 2 fully saturated rings. The molecule has 0 radical (unpaired) electrons. The molecule has 0 unspecified atom stereocenters. The predicted octanol–water partition coefficient (Wildman–Crippen LogP) is 2.20. The van der Waals surface area contributed by atoms with Gasteiger partial charge in [0.1, 0.15) is 0 Å². The van der Waals surface area contributed by atoms with Crippen molar-refractivity contribution in [3.8, 4) is 0 Å². The van der Waals surface area contributed by atoms with Crippen LogP contribution < -0.4 is 0 Å². The molecule has 0 N–H and O–H groups in total. The van der Waals surface area contributed by atoms with Crippen LogP contribution in [0.5, 0.6) is 0 Å². The number of hydrogen-bond donors (Lipinski definition) is 0. The minimum absolute atomic E-state index is 0.707. The van der Waals surface area contributed by atoms with Gasteiger partial charge in [-0.05, 0) is 72.1 Å². The zero-order chi connectivity index (χ0) is 11.1. The maximum absolute atomic E-state index is 2.56. The number of nitrogens with zero attached hydrogens (tertiary/aromatic N) is 2. The van der Waals surface area contributed by atoms with Gasteiger partial charge in [-0.25, -0.2) is 0 Å². The average molecular weight is 210 g/mol. The van der Waals surface area contributed by atoms with Gasteiger partial charge in [0.25, 0.3) is 0 Å². The fourth-order valence-corrected chi connectivity index (χ4v) is 3.15. The number of piperidine rings is 1. The lowest BCUT2D eigenvalue weighted by Crippen LogP contribution is -2.55. The quantitative estimate of drug-likeness (QED) is 0.689. The molecule has 1 heterocycles. The molecule has 2 rings (SSSR count). The largest absolute Gasteiger partial charge is 0.306 e. The van der Waals surface area contributed by atoms with E-state index >= 15 is 0 Å². The molecule has 0 bridgehead atoms. The van der Waals surface area contributed by atoms with Crippen molar-refractivity contribution in [3.63, 3.8) is 0 Å². The van der Waals surface area contributed by atoms with Gasteiger partial charge in [0, 0.05) is 12.1 Å². The molecule has 1 spiro atoms. The molecule has 2 aliphatic rings. The SMILES string of the molecule is CC(C)N(C)C1CC2(CCN(C)CC2)C1. The summed E-state index contributed by atoms with van der Waals surface area (Å²) < 4.78 is 0. The van der Waals surface area contributed by atoms with Gasteiger partial charge in [-0.1, -0.05) is 0 Å². The molecule has 88 valence electrons. The van der Waals surface area contributed by atoms with E-state index < -0.39 is 0 Å². The van der Waals surface area contributed by atoms with Crippen LogP contribution in [0.1, 0.15) is 39.5 Å². The Morgan fingerprint density at radius 2 is 1.73 bits per heavy atom. The molecule has 0 atom stereocenters. The van der Waals surface area contributed by atoms with Gasteiger partial charge < -0.3 is 9.80 Å². The first-order chi connectivity index (χ1) is 7.02. The molecule has 1 aliphatic carbocycles. The van der Waals surface area contributed by atoms with E-state index in [1.165, 1.54) is 38.8 Å². The highest BCUT2D eigenvalue weighted by Crippen LogP contribution is 2.50. The molecule has 2 heteroatoms. The molecule has 2 nitrogen and oxygen atoms in total. The van der Waals surface area contributed by atoms with E-state index in [0.29, 0.717) is 6.04 Å². The van der Waals surface area contributed by atoms with Crippen molar-refractivity contribution < 1.29 is 0 Å². The third kappa shape index (κ3) is 2.21. The summed E-state index contributed by atoms with van der Waals surface area (Å²) in [6.07, 6.45) is 5.78. The summed E-state index contributed by atoms with van der Waals surface area (Å²) >= 11 is 0. The summed E-state index contributed by atoms with van der Waals surface area (Å²) in [5.74, 6) is 0. The third-order valence-electron chi connectivity index (χ3n) is 4.78. The summed E-state index contributed by atoms with van der Waals surface area (Å²) in [5.41, 5.74) is 0.736. The van der Waals surface area contributed by atoms with Crippen molar-refractivity contribution in [2.45, 2.75) is 51.6 Å². The Kier molecular flexibility index (Phi) is 3.09. The number of likely N-dealkylation sites (tertiary alicyclic amines) is 1. The van der Waals surface area contributed by atoms with E-state index in [4.69, 9.17) is 0 Å². The predicted molar refractivity (Wildman–Crippen MR) is 65.1 cm³/mol. The topological polar surface area (TPSA) is 6.48 Å². The molecule has 1 saturated carbocycles. The summed E-state index contributed by atoms with van der Waals surface area (Å²) in [5, 5.41) is 0. The van der Waals surface area contributed by atoms with Crippen molar-refractivity contribution in [2.24, 2.45) is 5.41 Å². The summed E-state index contributed by atoms with van der Waals surface area (Å²) in [6, 6.07) is 1.58. The zero-order valence-electron chi connectivity index (χ0n) is 10.8. The Hall–Kier alpha value is -0.0800. The van der Waals surface area contributed by atoms with Crippen molar-refractivity contribution in [1.82, 2.24) is 9.80 Å². The maximum Gasteiger partial charge on any atom is 0.0105 e. The second kappa shape index (κ2) is 4.06. The third-order valence-corrected chi connectivity index (χ3v) is 4.78. The maximum atomic E-state index is 2.56. The molecule has 0 amide bonds.